The first-order valence-electron chi connectivity index (χ1n) is 11.4. The number of thioether (sulfide) groups is 1. The highest BCUT2D eigenvalue weighted by molar-refractivity contribution is 7.99. The molecule has 0 bridgehead atoms. The van der Waals surface area contributed by atoms with Gasteiger partial charge < -0.3 is 9.88 Å². The molecule has 3 aromatic carbocycles. The molecule has 1 atom stereocenters. The molecular formula is C28H25N5OS. The second kappa shape index (κ2) is 10.1. The van der Waals surface area contributed by atoms with E-state index in [9.17, 15) is 4.79 Å². The zero-order valence-corrected chi connectivity index (χ0v) is 20.4. The van der Waals surface area contributed by atoms with Crippen molar-refractivity contribution in [3.63, 3.8) is 0 Å². The predicted molar refractivity (Wildman–Crippen MR) is 141 cm³/mol. The third kappa shape index (κ3) is 4.95. The summed E-state index contributed by atoms with van der Waals surface area (Å²) in [6, 6.07) is 30.1. The largest absolute Gasteiger partial charge is 0.349 e. The SMILES string of the molecule is CC(NC(=O)CSc1nnc(-c2cc(-c3ccccc3)nc3ccccc23)n1C)c1ccccc1. The molecule has 2 heterocycles. The molecule has 0 saturated heterocycles. The van der Waals surface area contributed by atoms with Crippen LogP contribution in [0.2, 0.25) is 0 Å². The van der Waals surface area contributed by atoms with Crippen molar-refractivity contribution in [2.45, 2.75) is 18.1 Å². The van der Waals surface area contributed by atoms with Crippen LogP contribution in [-0.2, 0) is 11.8 Å². The zero-order chi connectivity index (χ0) is 24.2. The van der Waals surface area contributed by atoms with Gasteiger partial charge in [-0.25, -0.2) is 4.98 Å². The second-order valence-electron chi connectivity index (χ2n) is 8.29. The third-order valence-electron chi connectivity index (χ3n) is 5.87. The van der Waals surface area contributed by atoms with E-state index >= 15 is 0 Å². The van der Waals surface area contributed by atoms with Crippen molar-refractivity contribution < 1.29 is 4.79 Å². The van der Waals surface area contributed by atoms with Crippen molar-refractivity contribution in [1.82, 2.24) is 25.1 Å². The number of nitrogens with one attached hydrogen (secondary N) is 1. The number of pyridine rings is 1. The number of nitrogens with zero attached hydrogens (tertiary/aromatic N) is 4. The summed E-state index contributed by atoms with van der Waals surface area (Å²) in [4.78, 5) is 17.4. The fourth-order valence-electron chi connectivity index (χ4n) is 4.03. The lowest BCUT2D eigenvalue weighted by Crippen LogP contribution is -2.28. The number of hydrogen-bond donors (Lipinski definition) is 1. The van der Waals surface area contributed by atoms with Crippen LogP contribution in [0, 0.1) is 0 Å². The van der Waals surface area contributed by atoms with Crippen molar-refractivity contribution in [3.8, 4) is 22.6 Å². The Morgan fingerprint density at radius 2 is 1.63 bits per heavy atom. The van der Waals surface area contributed by atoms with Gasteiger partial charge in [-0.2, -0.15) is 0 Å². The van der Waals surface area contributed by atoms with Gasteiger partial charge in [-0.05, 0) is 24.6 Å². The van der Waals surface area contributed by atoms with Crippen LogP contribution >= 0.6 is 11.8 Å². The summed E-state index contributed by atoms with van der Waals surface area (Å²) in [7, 11) is 1.93. The van der Waals surface area contributed by atoms with Crippen molar-refractivity contribution in [2.75, 3.05) is 5.75 Å². The Balaban J connectivity index is 1.39. The molecule has 0 aliphatic carbocycles. The van der Waals surface area contributed by atoms with Crippen LogP contribution in [0.5, 0.6) is 0 Å². The summed E-state index contributed by atoms with van der Waals surface area (Å²) in [5.74, 6) is 0.952. The molecule has 5 aromatic rings. The molecule has 174 valence electrons. The van der Waals surface area contributed by atoms with Gasteiger partial charge in [0.2, 0.25) is 5.91 Å². The summed E-state index contributed by atoms with van der Waals surface area (Å²) < 4.78 is 1.94. The smallest absolute Gasteiger partial charge is 0.230 e. The molecule has 6 nitrogen and oxygen atoms in total. The number of aromatic nitrogens is 4. The third-order valence-corrected chi connectivity index (χ3v) is 6.89. The molecule has 0 aliphatic rings. The number of rotatable bonds is 7. The van der Waals surface area contributed by atoms with Gasteiger partial charge >= 0.3 is 0 Å². The van der Waals surface area contributed by atoms with E-state index in [1.165, 1.54) is 11.8 Å². The Bertz CT molecular complexity index is 1470. The van der Waals surface area contributed by atoms with Gasteiger partial charge in [0.25, 0.3) is 0 Å². The first kappa shape index (κ1) is 22.8. The van der Waals surface area contributed by atoms with Crippen LogP contribution in [0.25, 0.3) is 33.5 Å². The molecule has 7 heteroatoms. The van der Waals surface area contributed by atoms with Crippen LogP contribution < -0.4 is 5.32 Å². The number of carbonyl (C=O) groups is 1. The monoisotopic (exact) mass is 479 g/mol. The van der Waals surface area contributed by atoms with E-state index in [4.69, 9.17) is 4.98 Å². The van der Waals surface area contributed by atoms with Crippen LogP contribution in [0.15, 0.2) is 96.2 Å². The van der Waals surface area contributed by atoms with E-state index in [0.717, 1.165) is 39.1 Å². The van der Waals surface area contributed by atoms with Crippen LogP contribution in [-0.4, -0.2) is 31.4 Å². The Labute approximate surface area is 208 Å². The van der Waals surface area contributed by atoms with Crippen LogP contribution in [0.4, 0.5) is 0 Å². The van der Waals surface area contributed by atoms with E-state index in [1.807, 2.05) is 103 Å². The topological polar surface area (TPSA) is 72.7 Å². The highest BCUT2D eigenvalue weighted by atomic mass is 32.2. The number of hydrogen-bond acceptors (Lipinski definition) is 5. The van der Waals surface area contributed by atoms with Crippen molar-refractivity contribution in [2.24, 2.45) is 7.05 Å². The molecule has 5 rings (SSSR count). The maximum atomic E-state index is 12.6. The molecule has 0 spiro atoms. The Kier molecular flexibility index (Phi) is 6.59. The van der Waals surface area contributed by atoms with Crippen molar-refractivity contribution >= 4 is 28.6 Å². The Hall–Kier alpha value is -3.97. The molecule has 1 unspecified atom stereocenters. The van der Waals surface area contributed by atoms with Crippen LogP contribution in [0.3, 0.4) is 0 Å². The maximum absolute atomic E-state index is 12.6. The standard InChI is InChI=1S/C28H25N5OS/c1-19(20-11-5-3-6-12-20)29-26(34)18-35-28-32-31-27(33(28)2)23-17-25(21-13-7-4-8-14-21)30-24-16-10-9-15-22(23)24/h3-17,19H,18H2,1-2H3,(H,29,34). The summed E-state index contributed by atoms with van der Waals surface area (Å²) in [6.07, 6.45) is 0. The molecule has 0 saturated carbocycles. The minimum Gasteiger partial charge on any atom is -0.349 e. The number of carbonyl (C=O) groups excluding carboxylic acids is 1. The van der Waals surface area contributed by atoms with E-state index in [1.54, 1.807) is 0 Å². The number of para-hydroxylation sites is 1. The van der Waals surface area contributed by atoms with Gasteiger partial charge in [-0.15, -0.1) is 10.2 Å². The highest BCUT2D eigenvalue weighted by Gasteiger charge is 2.18. The van der Waals surface area contributed by atoms with Gasteiger partial charge in [0, 0.05) is 23.6 Å². The average molecular weight is 480 g/mol. The lowest BCUT2D eigenvalue weighted by Gasteiger charge is -2.14. The van der Waals surface area contributed by atoms with Crippen molar-refractivity contribution in [3.05, 3.63) is 96.6 Å². The molecular weight excluding hydrogens is 454 g/mol. The van der Waals surface area contributed by atoms with E-state index in [0.29, 0.717) is 5.16 Å². The zero-order valence-electron chi connectivity index (χ0n) is 19.6. The fourth-order valence-corrected chi connectivity index (χ4v) is 4.75. The molecule has 0 radical (unpaired) electrons. The fraction of sp³-hybridized carbons (Fsp3) is 0.143. The van der Waals surface area contributed by atoms with Gasteiger partial charge in [0.1, 0.15) is 0 Å². The van der Waals surface area contributed by atoms with Gasteiger partial charge in [0.15, 0.2) is 11.0 Å². The summed E-state index contributed by atoms with van der Waals surface area (Å²) in [5.41, 5.74) is 4.85. The van der Waals surface area contributed by atoms with Crippen LogP contribution in [0.1, 0.15) is 18.5 Å². The summed E-state index contributed by atoms with van der Waals surface area (Å²) >= 11 is 1.38. The Morgan fingerprint density at radius 3 is 2.40 bits per heavy atom. The molecule has 0 fully saturated rings. The molecule has 1 N–H and O–H groups in total. The normalized spacial score (nSPS) is 11.9. The van der Waals surface area contributed by atoms with Crippen molar-refractivity contribution in [1.29, 1.82) is 0 Å². The quantitative estimate of drug-likeness (QED) is 0.305. The number of fused-ring (bicyclic) bond motifs is 1. The first-order chi connectivity index (χ1) is 17.1. The number of amides is 1. The maximum Gasteiger partial charge on any atom is 0.230 e. The Morgan fingerprint density at radius 1 is 0.943 bits per heavy atom. The molecule has 2 aromatic heterocycles. The van der Waals surface area contributed by atoms with Gasteiger partial charge in [-0.3, -0.25) is 4.79 Å². The van der Waals surface area contributed by atoms with E-state index in [2.05, 4.69) is 21.6 Å². The van der Waals surface area contributed by atoms with E-state index < -0.39 is 0 Å². The first-order valence-corrected chi connectivity index (χ1v) is 12.4. The minimum absolute atomic E-state index is 0.0448. The predicted octanol–water partition coefficient (Wildman–Crippen LogP) is 5.67. The number of benzene rings is 3. The second-order valence-corrected chi connectivity index (χ2v) is 9.23. The minimum atomic E-state index is -0.0565. The highest BCUT2D eigenvalue weighted by Crippen LogP contribution is 2.32. The summed E-state index contributed by atoms with van der Waals surface area (Å²) in [5, 5.41) is 13.6. The lowest BCUT2D eigenvalue weighted by molar-refractivity contribution is -0.119. The molecule has 35 heavy (non-hydrogen) atoms. The summed E-state index contributed by atoms with van der Waals surface area (Å²) in [6.45, 7) is 1.98. The molecule has 0 aliphatic heterocycles. The molecule has 1 amide bonds. The average Bonchev–Trinajstić information content (AvgIpc) is 3.27. The lowest BCUT2D eigenvalue weighted by atomic mass is 10.0. The van der Waals surface area contributed by atoms with Gasteiger partial charge in [0.05, 0.1) is 23.0 Å². The van der Waals surface area contributed by atoms with E-state index in [-0.39, 0.29) is 17.7 Å². The van der Waals surface area contributed by atoms with Gasteiger partial charge in [-0.1, -0.05) is 90.6 Å².